The van der Waals surface area contributed by atoms with Gasteiger partial charge in [-0.3, -0.25) is 0 Å². The Bertz CT molecular complexity index is 531. The number of nitrogens with one attached hydrogen (secondary N) is 1. The molecule has 0 bridgehead atoms. The Kier molecular flexibility index (Phi) is 4.12. The SMILES string of the molecule is Cc1ccc(CNCc2ccsc2C(=O)O)cc1. The Morgan fingerprint density at radius 3 is 2.61 bits per heavy atom. The van der Waals surface area contributed by atoms with Gasteiger partial charge in [0.15, 0.2) is 0 Å². The third-order valence-corrected chi connectivity index (χ3v) is 3.65. The Morgan fingerprint density at radius 2 is 1.94 bits per heavy atom. The maximum atomic E-state index is 10.9. The number of carboxylic acids is 1. The summed E-state index contributed by atoms with van der Waals surface area (Å²) in [6.07, 6.45) is 0. The van der Waals surface area contributed by atoms with Gasteiger partial charge in [-0.2, -0.15) is 0 Å². The fourth-order valence-corrected chi connectivity index (χ4v) is 2.47. The van der Waals surface area contributed by atoms with Crippen LogP contribution in [0.4, 0.5) is 0 Å². The first kappa shape index (κ1) is 12.8. The van der Waals surface area contributed by atoms with Gasteiger partial charge in [0.05, 0.1) is 0 Å². The van der Waals surface area contributed by atoms with Gasteiger partial charge in [-0.25, -0.2) is 4.79 Å². The molecule has 0 fully saturated rings. The number of hydrogen-bond acceptors (Lipinski definition) is 3. The third kappa shape index (κ3) is 3.18. The summed E-state index contributed by atoms with van der Waals surface area (Å²) in [6.45, 7) is 3.38. The van der Waals surface area contributed by atoms with E-state index < -0.39 is 5.97 Å². The lowest BCUT2D eigenvalue weighted by atomic mass is 10.1. The van der Waals surface area contributed by atoms with Crippen molar-refractivity contribution >= 4 is 17.3 Å². The van der Waals surface area contributed by atoms with Crippen molar-refractivity contribution in [2.45, 2.75) is 20.0 Å². The highest BCUT2D eigenvalue weighted by atomic mass is 32.1. The van der Waals surface area contributed by atoms with Gasteiger partial charge < -0.3 is 10.4 Å². The lowest BCUT2D eigenvalue weighted by Gasteiger charge is -2.05. The Hall–Kier alpha value is -1.65. The first-order valence-electron chi connectivity index (χ1n) is 5.73. The predicted octanol–water partition coefficient (Wildman–Crippen LogP) is 3.04. The van der Waals surface area contributed by atoms with E-state index in [-0.39, 0.29) is 0 Å². The van der Waals surface area contributed by atoms with Gasteiger partial charge in [0.25, 0.3) is 0 Å². The number of aromatic carboxylic acids is 1. The molecule has 94 valence electrons. The second kappa shape index (κ2) is 5.80. The monoisotopic (exact) mass is 261 g/mol. The van der Waals surface area contributed by atoms with Crippen LogP contribution in [0.2, 0.25) is 0 Å². The quantitative estimate of drug-likeness (QED) is 0.869. The number of thiophene rings is 1. The van der Waals surface area contributed by atoms with E-state index in [2.05, 4.69) is 36.5 Å². The molecule has 1 aromatic heterocycles. The van der Waals surface area contributed by atoms with Crippen LogP contribution < -0.4 is 5.32 Å². The summed E-state index contributed by atoms with van der Waals surface area (Å²) in [6, 6.07) is 10.2. The van der Waals surface area contributed by atoms with E-state index in [9.17, 15) is 4.79 Å². The molecule has 0 saturated heterocycles. The topological polar surface area (TPSA) is 49.3 Å². The van der Waals surface area contributed by atoms with Gasteiger partial charge in [-0.05, 0) is 29.5 Å². The van der Waals surface area contributed by atoms with Gasteiger partial charge in [0.1, 0.15) is 4.88 Å². The molecule has 0 unspecified atom stereocenters. The lowest BCUT2D eigenvalue weighted by molar-refractivity contribution is 0.0701. The summed E-state index contributed by atoms with van der Waals surface area (Å²) in [7, 11) is 0. The number of carbonyl (C=O) groups is 1. The number of aryl methyl sites for hydroxylation is 1. The Labute approximate surface area is 110 Å². The first-order valence-corrected chi connectivity index (χ1v) is 6.60. The molecular formula is C14H15NO2S. The maximum absolute atomic E-state index is 10.9. The molecule has 1 heterocycles. The van der Waals surface area contributed by atoms with E-state index in [1.165, 1.54) is 22.5 Å². The zero-order valence-electron chi connectivity index (χ0n) is 10.1. The average molecular weight is 261 g/mol. The smallest absolute Gasteiger partial charge is 0.346 e. The second-order valence-electron chi connectivity index (χ2n) is 4.17. The number of rotatable bonds is 5. The fraction of sp³-hybridized carbons (Fsp3) is 0.214. The van der Waals surface area contributed by atoms with Crippen molar-refractivity contribution in [2.75, 3.05) is 0 Å². The number of benzene rings is 1. The van der Waals surface area contributed by atoms with Crippen molar-refractivity contribution in [3.63, 3.8) is 0 Å². The summed E-state index contributed by atoms with van der Waals surface area (Å²) in [5, 5.41) is 14.1. The minimum atomic E-state index is -0.850. The van der Waals surface area contributed by atoms with Gasteiger partial charge in [-0.15, -0.1) is 11.3 Å². The molecule has 0 radical (unpaired) electrons. The third-order valence-electron chi connectivity index (χ3n) is 2.71. The molecule has 2 rings (SSSR count). The standard InChI is InChI=1S/C14H15NO2S/c1-10-2-4-11(5-3-10)8-15-9-12-6-7-18-13(12)14(16)17/h2-7,15H,8-9H2,1H3,(H,16,17). The van der Waals surface area contributed by atoms with Crippen LogP contribution in [-0.4, -0.2) is 11.1 Å². The molecule has 1 aromatic carbocycles. The van der Waals surface area contributed by atoms with Crippen LogP contribution in [0.1, 0.15) is 26.4 Å². The van der Waals surface area contributed by atoms with Crippen LogP contribution in [0.5, 0.6) is 0 Å². The van der Waals surface area contributed by atoms with Crippen molar-refractivity contribution in [3.8, 4) is 0 Å². The van der Waals surface area contributed by atoms with Crippen molar-refractivity contribution in [1.82, 2.24) is 5.32 Å². The molecule has 2 N–H and O–H groups in total. The maximum Gasteiger partial charge on any atom is 0.346 e. The first-order chi connectivity index (χ1) is 8.66. The highest BCUT2D eigenvalue weighted by Crippen LogP contribution is 2.16. The van der Waals surface area contributed by atoms with Crippen LogP contribution >= 0.6 is 11.3 Å². The van der Waals surface area contributed by atoms with Crippen molar-refractivity contribution in [2.24, 2.45) is 0 Å². The van der Waals surface area contributed by atoms with Gasteiger partial charge in [0, 0.05) is 13.1 Å². The van der Waals surface area contributed by atoms with E-state index in [1.54, 1.807) is 0 Å². The largest absolute Gasteiger partial charge is 0.477 e. The minimum Gasteiger partial charge on any atom is -0.477 e. The normalized spacial score (nSPS) is 10.5. The van der Waals surface area contributed by atoms with Crippen molar-refractivity contribution in [3.05, 3.63) is 57.3 Å². The van der Waals surface area contributed by atoms with Crippen molar-refractivity contribution < 1.29 is 9.90 Å². The molecule has 2 aromatic rings. The molecular weight excluding hydrogens is 246 g/mol. The molecule has 0 aliphatic heterocycles. The molecule has 0 aliphatic carbocycles. The van der Waals surface area contributed by atoms with E-state index in [1.807, 2.05) is 11.4 Å². The zero-order valence-corrected chi connectivity index (χ0v) is 11.0. The lowest BCUT2D eigenvalue weighted by Crippen LogP contribution is -2.14. The summed E-state index contributed by atoms with van der Waals surface area (Å²) in [4.78, 5) is 11.4. The fourth-order valence-electron chi connectivity index (χ4n) is 1.71. The van der Waals surface area contributed by atoms with Gasteiger partial charge in [-0.1, -0.05) is 29.8 Å². The molecule has 0 saturated carbocycles. The number of hydrogen-bond donors (Lipinski definition) is 2. The molecule has 0 spiro atoms. The molecule has 4 heteroatoms. The summed E-state index contributed by atoms with van der Waals surface area (Å²) in [5.74, 6) is -0.850. The van der Waals surface area contributed by atoms with Crippen LogP contribution in [0, 0.1) is 6.92 Å². The van der Waals surface area contributed by atoms with Crippen molar-refractivity contribution in [1.29, 1.82) is 0 Å². The average Bonchev–Trinajstić information content (AvgIpc) is 2.80. The Balaban J connectivity index is 1.90. The molecule has 3 nitrogen and oxygen atoms in total. The van der Waals surface area contributed by atoms with E-state index in [0.717, 1.165) is 12.1 Å². The molecule has 0 aliphatic rings. The Morgan fingerprint density at radius 1 is 1.22 bits per heavy atom. The van der Waals surface area contributed by atoms with Gasteiger partial charge >= 0.3 is 5.97 Å². The minimum absolute atomic E-state index is 0.423. The predicted molar refractivity (Wildman–Crippen MR) is 73.0 cm³/mol. The summed E-state index contributed by atoms with van der Waals surface area (Å²) >= 11 is 1.27. The summed E-state index contributed by atoms with van der Waals surface area (Å²) in [5.41, 5.74) is 3.29. The van der Waals surface area contributed by atoms with Crippen LogP contribution in [-0.2, 0) is 13.1 Å². The zero-order chi connectivity index (χ0) is 13.0. The molecule has 0 atom stereocenters. The molecule has 18 heavy (non-hydrogen) atoms. The summed E-state index contributed by atoms with van der Waals surface area (Å²) < 4.78 is 0. The van der Waals surface area contributed by atoms with E-state index >= 15 is 0 Å². The van der Waals surface area contributed by atoms with E-state index in [0.29, 0.717) is 11.4 Å². The highest BCUT2D eigenvalue weighted by molar-refractivity contribution is 7.12. The second-order valence-corrected chi connectivity index (χ2v) is 5.09. The van der Waals surface area contributed by atoms with Crippen LogP contribution in [0.3, 0.4) is 0 Å². The molecule has 0 amide bonds. The van der Waals surface area contributed by atoms with Crippen LogP contribution in [0.25, 0.3) is 0 Å². The van der Waals surface area contributed by atoms with Crippen LogP contribution in [0.15, 0.2) is 35.7 Å². The van der Waals surface area contributed by atoms with Gasteiger partial charge in [0.2, 0.25) is 0 Å². The van der Waals surface area contributed by atoms with E-state index in [4.69, 9.17) is 5.11 Å². The highest BCUT2D eigenvalue weighted by Gasteiger charge is 2.10. The number of carboxylic acid groups (broad SMARTS) is 1.